The van der Waals surface area contributed by atoms with Gasteiger partial charge in [-0.15, -0.1) is 0 Å². The van der Waals surface area contributed by atoms with Gasteiger partial charge in [0.1, 0.15) is 0 Å². The zero-order valence-electron chi connectivity index (χ0n) is 17.7. The van der Waals surface area contributed by atoms with Gasteiger partial charge in [0.2, 0.25) is 0 Å². The molecule has 3 heterocycles. The Morgan fingerprint density at radius 2 is 1.59 bits per heavy atom. The van der Waals surface area contributed by atoms with Crippen molar-refractivity contribution >= 4 is 0 Å². The van der Waals surface area contributed by atoms with E-state index < -0.39 is 12.0 Å². The molecule has 0 saturated carbocycles. The molecule has 3 saturated heterocycles. The number of halogens is 2. The Morgan fingerprint density at radius 3 is 2.11 bits per heavy atom. The van der Waals surface area contributed by atoms with Crippen LogP contribution in [0.3, 0.4) is 0 Å². The van der Waals surface area contributed by atoms with E-state index in [1.807, 2.05) is 11.8 Å². The molecule has 3 nitrogen and oxygen atoms in total. The van der Waals surface area contributed by atoms with E-state index >= 15 is 0 Å². The molecule has 0 aromatic rings. The number of nitrogens with zero attached hydrogens (tertiary/aromatic N) is 3. The first kappa shape index (κ1) is 21.2. The molecule has 0 amide bonds. The van der Waals surface area contributed by atoms with E-state index in [1.54, 1.807) is 0 Å². The summed E-state index contributed by atoms with van der Waals surface area (Å²) >= 11 is 0. The largest absolute Gasteiger partial charge is 0.303 e. The normalized spacial score (nSPS) is 30.1. The van der Waals surface area contributed by atoms with Crippen molar-refractivity contribution in [2.75, 3.05) is 52.4 Å². The summed E-state index contributed by atoms with van der Waals surface area (Å²) in [7, 11) is 0. The molecular weight excluding hydrogens is 344 g/mol. The van der Waals surface area contributed by atoms with E-state index in [0.29, 0.717) is 18.4 Å². The first-order valence-electron chi connectivity index (χ1n) is 10.9. The molecule has 0 aromatic carbocycles. The van der Waals surface area contributed by atoms with Gasteiger partial charge in [-0.25, -0.2) is 8.78 Å². The second-order valence-electron chi connectivity index (χ2n) is 9.96. The maximum atomic E-state index is 14.8. The minimum Gasteiger partial charge on any atom is -0.303 e. The van der Waals surface area contributed by atoms with Gasteiger partial charge >= 0.3 is 0 Å². The maximum Gasteiger partial charge on any atom is 0.275 e. The highest BCUT2D eigenvalue weighted by molar-refractivity contribution is 5.00. The first-order chi connectivity index (χ1) is 12.7. The molecule has 27 heavy (non-hydrogen) atoms. The zero-order valence-corrected chi connectivity index (χ0v) is 17.7. The smallest absolute Gasteiger partial charge is 0.275 e. The molecule has 1 unspecified atom stereocenters. The van der Waals surface area contributed by atoms with E-state index in [1.165, 1.54) is 32.5 Å². The van der Waals surface area contributed by atoms with E-state index in [-0.39, 0.29) is 6.54 Å². The van der Waals surface area contributed by atoms with Crippen LogP contribution in [0, 0.1) is 11.3 Å². The number of rotatable bonds is 5. The third kappa shape index (κ3) is 5.30. The van der Waals surface area contributed by atoms with Crippen molar-refractivity contribution in [2.24, 2.45) is 11.3 Å². The van der Waals surface area contributed by atoms with Crippen molar-refractivity contribution in [3.05, 3.63) is 12.2 Å². The lowest BCUT2D eigenvalue weighted by Gasteiger charge is -2.51. The molecule has 3 aliphatic heterocycles. The van der Waals surface area contributed by atoms with Crippen LogP contribution in [-0.4, -0.2) is 79.0 Å². The Bertz CT molecular complexity index is 502. The Morgan fingerprint density at radius 1 is 1.00 bits per heavy atom. The van der Waals surface area contributed by atoms with Crippen LogP contribution in [-0.2, 0) is 0 Å². The van der Waals surface area contributed by atoms with Gasteiger partial charge in [0.15, 0.2) is 0 Å². The van der Waals surface area contributed by atoms with Gasteiger partial charge in [-0.05, 0) is 76.5 Å². The predicted octanol–water partition coefficient (Wildman–Crippen LogP) is 4.11. The van der Waals surface area contributed by atoms with Gasteiger partial charge in [-0.3, -0.25) is 9.80 Å². The predicted molar refractivity (Wildman–Crippen MR) is 108 cm³/mol. The van der Waals surface area contributed by atoms with Crippen LogP contribution in [0.1, 0.15) is 52.9 Å². The SMILES string of the molecule is C=C(C)CN1CCC(N2CCC3(CCN(CC(C)C)CC3)CC2)C(F)(F)C1. The van der Waals surface area contributed by atoms with Gasteiger partial charge in [0, 0.05) is 19.6 Å². The molecule has 1 atom stereocenters. The molecule has 0 aromatic heterocycles. The summed E-state index contributed by atoms with van der Waals surface area (Å²) < 4.78 is 29.7. The number of hydrogen-bond acceptors (Lipinski definition) is 3. The van der Waals surface area contributed by atoms with E-state index in [2.05, 4.69) is 30.2 Å². The number of alkyl halides is 2. The molecule has 0 radical (unpaired) electrons. The van der Waals surface area contributed by atoms with Gasteiger partial charge in [-0.1, -0.05) is 26.0 Å². The lowest BCUT2D eigenvalue weighted by Crippen LogP contribution is -2.60. The standard InChI is InChI=1S/C22H39F2N3/c1-18(2)15-25-11-6-21(7-12-25)8-13-27(14-9-21)20-5-10-26(16-19(3)4)17-22(20,23)24/h18,20H,3,5-17H2,1-2,4H3. The molecule has 0 bridgehead atoms. The van der Waals surface area contributed by atoms with Gasteiger partial charge in [0.05, 0.1) is 12.6 Å². The quantitative estimate of drug-likeness (QED) is 0.662. The minimum atomic E-state index is -2.61. The molecule has 3 fully saturated rings. The Hall–Kier alpha value is -0.520. The van der Waals surface area contributed by atoms with E-state index in [9.17, 15) is 8.78 Å². The lowest BCUT2D eigenvalue weighted by molar-refractivity contribution is -0.136. The van der Waals surface area contributed by atoms with Crippen molar-refractivity contribution in [3.63, 3.8) is 0 Å². The zero-order chi connectivity index (χ0) is 19.7. The number of likely N-dealkylation sites (tertiary alicyclic amines) is 3. The Balaban J connectivity index is 1.50. The van der Waals surface area contributed by atoms with Gasteiger partial charge in [0.25, 0.3) is 5.92 Å². The second kappa shape index (κ2) is 8.46. The first-order valence-corrected chi connectivity index (χ1v) is 10.9. The number of piperidine rings is 3. The van der Waals surface area contributed by atoms with Crippen LogP contribution in [0.15, 0.2) is 12.2 Å². The number of hydrogen-bond donors (Lipinski definition) is 0. The van der Waals surface area contributed by atoms with Crippen molar-refractivity contribution in [1.29, 1.82) is 0 Å². The summed E-state index contributed by atoms with van der Waals surface area (Å²) in [6.07, 6.45) is 5.28. The average molecular weight is 384 g/mol. The Labute approximate surface area is 164 Å². The third-order valence-electron chi connectivity index (χ3n) is 6.97. The minimum absolute atomic E-state index is 0.115. The van der Waals surface area contributed by atoms with Crippen LogP contribution in [0.4, 0.5) is 8.78 Å². The van der Waals surface area contributed by atoms with Crippen molar-refractivity contribution < 1.29 is 8.78 Å². The van der Waals surface area contributed by atoms with Crippen LogP contribution in [0.2, 0.25) is 0 Å². The highest BCUT2D eigenvalue weighted by Crippen LogP contribution is 2.43. The van der Waals surface area contributed by atoms with Crippen molar-refractivity contribution in [3.8, 4) is 0 Å². The van der Waals surface area contributed by atoms with E-state index in [4.69, 9.17) is 0 Å². The van der Waals surface area contributed by atoms with Gasteiger partial charge in [-0.2, -0.15) is 0 Å². The van der Waals surface area contributed by atoms with Crippen LogP contribution in [0.5, 0.6) is 0 Å². The third-order valence-corrected chi connectivity index (χ3v) is 6.97. The fraction of sp³-hybridized carbons (Fsp3) is 0.909. The molecule has 0 aliphatic carbocycles. The topological polar surface area (TPSA) is 9.72 Å². The lowest BCUT2D eigenvalue weighted by atomic mass is 9.70. The van der Waals surface area contributed by atoms with E-state index in [0.717, 1.165) is 44.0 Å². The molecule has 0 N–H and O–H groups in total. The molecular formula is C22H39F2N3. The summed E-state index contributed by atoms with van der Waals surface area (Å²) in [5.41, 5.74) is 1.38. The van der Waals surface area contributed by atoms with Gasteiger partial charge < -0.3 is 4.90 Å². The van der Waals surface area contributed by atoms with Crippen molar-refractivity contribution in [1.82, 2.24) is 14.7 Å². The molecule has 3 aliphatic rings. The monoisotopic (exact) mass is 383 g/mol. The summed E-state index contributed by atoms with van der Waals surface area (Å²) in [5, 5.41) is 0. The molecule has 3 rings (SSSR count). The molecule has 156 valence electrons. The van der Waals surface area contributed by atoms with Crippen LogP contribution >= 0.6 is 0 Å². The summed E-state index contributed by atoms with van der Waals surface area (Å²) in [6.45, 7) is 16.9. The second-order valence-corrected chi connectivity index (χ2v) is 9.96. The maximum absolute atomic E-state index is 14.8. The highest BCUT2D eigenvalue weighted by atomic mass is 19.3. The average Bonchev–Trinajstić information content (AvgIpc) is 2.57. The van der Waals surface area contributed by atoms with Crippen molar-refractivity contribution in [2.45, 2.75) is 64.8 Å². The summed E-state index contributed by atoms with van der Waals surface area (Å²) in [5.74, 6) is -1.89. The molecule has 5 heteroatoms. The molecule has 1 spiro atoms. The van der Waals surface area contributed by atoms with Crippen LogP contribution in [0.25, 0.3) is 0 Å². The van der Waals surface area contributed by atoms with Crippen LogP contribution < -0.4 is 0 Å². The Kier molecular flexibility index (Phi) is 6.64. The fourth-order valence-corrected chi connectivity index (χ4v) is 5.50. The summed E-state index contributed by atoms with van der Waals surface area (Å²) in [4.78, 5) is 6.58. The fourth-order valence-electron chi connectivity index (χ4n) is 5.50. The highest BCUT2D eigenvalue weighted by Gasteiger charge is 2.49. The summed E-state index contributed by atoms with van der Waals surface area (Å²) in [6, 6.07) is -0.572.